The van der Waals surface area contributed by atoms with Crippen molar-refractivity contribution in [1.82, 2.24) is 0 Å². The Labute approximate surface area is 94.4 Å². The lowest BCUT2D eigenvalue weighted by Gasteiger charge is -2.48. The van der Waals surface area contributed by atoms with E-state index in [1.165, 1.54) is 0 Å². The van der Waals surface area contributed by atoms with E-state index >= 15 is 0 Å². The van der Waals surface area contributed by atoms with Crippen LogP contribution in [0, 0.1) is 10.8 Å². The van der Waals surface area contributed by atoms with Gasteiger partial charge < -0.3 is 0 Å². The van der Waals surface area contributed by atoms with Gasteiger partial charge in [-0.1, -0.05) is 34.1 Å². The first-order valence-electron chi connectivity index (χ1n) is 5.99. The molecule has 1 fully saturated rings. The van der Waals surface area contributed by atoms with Crippen LogP contribution in [0.4, 0.5) is 0 Å². The first-order valence-corrected chi connectivity index (χ1v) is 7.81. The van der Waals surface area contributed by atoms with E-state index in [0.29, 0.717) is 11.5 Å². The monoisotopic (exact) mass is 232 g/mol. The second-order valence-corrected chi connectivity index (χ2v) is 7.83. The van der Waals surface area contributed by atoms with E-state index < -0.39 is 9.84 Å². The fourth-order valence-corrected chi connectivity index (χ4v) is 4.42. The largest absolute Gasteiger partial charge is 0.229 e. The molecule has 0 bridgehead atoms. The summed E-state index contributed by atoms with van der Waals surface area (Å²) >= 11 is 0. The van der Waals surface area contributed by atoms with Gasteiger partial charge in [-0.2, -0.15) is 0 Å². The maximum Gasteiger partial charge on any atom is 0.150 e. The molecule has 0 atom stereocenters. The Morgan fingerprint density at radius 2 is 1.60 bits per heavy atom. The number of hydrogen-bond donors (Lipinski definition) is 0. The highest BCUT2D eigenvalue weighted by Gasteiger charge is 2.45. The Kier molecular flexibility index (Phi) is 3.54. The number of rotatable bonds is 3. The molecule has 1 rings (SSSR count). The molecule has 1 aliphatic heterocycles. The highest BCUT2D eigenvalue weighted by atomic mass is 32.2. The molecule has 0 aromatic rings. The molecule has 0 unspecified atom stereocenters. The van der Waals surface area contributed by atoms with Crippen LogP contribution in [0.5, 0.6) is 0 Å². The lowest BCUT2D eigenvalue weighted by atomic mass is 9.59. The van der Waals surface area contributed by atoms with Crippen LogP contribution < -0.4 is 0 Å². The summed E-state index contributed by atoms with van der Waals surface area (Å²) in [6, 6.07) is 0. The fourth-order valence-electron chi connectivity index (χ4n) is 2.81. The van der Waals surface area contributed by atoms with Gasteiger partial charge in [-0.15, -0.1) is 0 Å². The van der Waals surface area contributed by atoms with E-state index in [0.717, 1.165) is 25.7 Å². The quantitative estimate of drug-likeness (QED) is 0.749. The lowest BCUT2D eigenvalue weighted by molar-refractivity contribution is 0.0459. The highest BCUT2D eigenvalue weighted by molar-refractivity contribution is 7.91. The molecule has 0 aromatic carbocycles. The third-order valence-electron chi connectivity index (χ3n) is 4.78. The predicted octanol–water partition coefficient (Wildman–Crippen LogP) is 3.03. The van der Waals surface area contributed by atoms with Gasteiger partial charge in [-0.25, -0.2) is 8.42 Å². The van der Waals surface area contributed by atoms with Gasteiger partial charge in [0, 0.05) is 0 Å². The van der Waals surface area contributed by atoms with E-state index in [4.69, 9.17) is 0 Å². The Morgan fingerprint density at radius 3 is 1.93 bits per heavy atom. The molecule has 0 aliphatic carbocycles. The average Bonchev–Trinajstić information content (AvgIpc) is 2.18. The molecule has 0 aromatic heterocycles. The highest BCUT2D eigenvalue weighted by Crippen LogP contribution is 2.51. The third kappa shape index (κ3) is 2.38. The molecule has 0 saturated carbocycles. The minimum Gasteiger partial charge on any atom is -0.229 e. The Bertz CT molecular complexity index is 301. The molecule has 1 heterocycles. The molecule has 3 heteroatoms. The van der Waals surface area contributed by atoms with Crippen molar-refractivity contribution < 1.29 is 8.42 Å². The van der Waals surface area contributed by atoms with Gasteiger partial charge in [0.15, 0.2) is 0 Å². The molecular weight excluding hydrogens is 208 g/mol. The van der Waals surface area contributed by atoms with Crippen LogP contribution in [0.1, 0.15) is 53.4 Å². The van der Waals surface area contributed by atoms with Gasteiger partial charge in [0.05, 0.1) is 11.5 Å². The van der Waals surface area contributed by atoms with Crippen LogP contribution in [0.25, 0.3) is 0 Å². The van der Waals surface area contributed by atoms with E-state index in [-0.39, 0.29) is 10.8 Å². The molecule has 0 N–H and O–H groups in total. The van der Waals surface area contributed by atoms with Gasteiger partial charge in [0.1, 0.15) is 9.84 Å². The average molecular weight is 232 g/mol. The Morgan fingerprint density at radius 1 is 1.13 bits per heavy atom. The van der Waals surface area contributed by atoms with Gasteiger partial charge in [-0.05, 0) is 30.1 Å². The SMILES string of the molecule is CCC(C)(C)C1(CC)CCS(=O)(=O)CC1. The standard InChI is InChI=1S/C12H24O2S/c1-5-11(3,4)12(6-2)7-9-15(13,14)10-8-12/h5-10H2,1-4H3. The van der Waals surface area contributed by atoms with Crippen LogP contribution in [-0.2, 0) is 9.84 Å². The zero-order valence-electron chi connectivity index (χ0n) is 10.5. The summed E-state index contributed by atoms with van der Waals surface area (Å²) in [6.45, 7) is 8.98. The van der Waals surface area contributed by atoms with Crippen molar-refractivity contribution in [3.05, 3.63) is 0 Å². The lowest BCUT2D eigenvalue weighted by Crippen LogP contribution is -2.43. The minimum absolute atomic E-state index is 0.243. The summed E-state index contributed by atoms with van der Waals surface area (Å²) in [5.74, 6) is 0.786. The second kappa shape index (κ2) is 4.08. The third-order valence-corrected chi connectivity index (χ3v) is 6.43. The molecule has 90 valence electrons. The van der Waals surface area contributed by atoms with Gasteiger partial charge in [0.25, 0.3) is 0 Å². The van der Waals surface area contributed by atoms with Crippen LogP contribution in [0.3, 0.4) is 0 Å². The first-order chi connectivity index (χ1) is 6.79. The summed E-state index contributed by atoms with van der Waals surface area (Å²) in [6.07, 6.45) is 3.93. The van der Waals surface area contributed by atoms with Crippen molar-refractivity contribution >= 4 is 9.84 Å². The molecule has 2 nitrogen and oxygen atoms in total. The van der Waals surface area contributed by atoms with E-state index in [1.54, 1.807) is 0 Å². The van der Waals surface area contributed by atoms with Crippen LogP contribution in [-0.4, -0.2) is 19.9 Å². The van der Waals surface area contributed by atoms with Crippen LogP contribution in [0.15, 0.2) is 0 Å². The van der Waals surface area contributed by atoms with E-state index in [2.05, 4.69) is 27.7 Å². The molecule has 1 saturated heterocycles. The van der Waals surface area contributed by atoms with Crippen molar-refractivity contribution in [3.63, 3.8) is 0 Å². The van der Waals surface area contributed by atoms with Crippen LogP contribution in [0.2, 0.25) is 0 Å². The second-order valence-electron chi connectivity index (χ2n) is 5.52. The summed E-state index contributed by atoms with van der Waals surface area (Å²) in [5.41, 5.74) is 0.505. The molecule has 0 radical (unpaired) electrons. The van der Waals surface area contributed by atoms with Crippen molar-refractivity contribution in [2.24, 2.45) is 10.8 Å². The summed E-state index contributed by atoms with van der Waals surface area (Å²) in [7, 11) is -2.73. The minimum atomic E-state index is -2.73. The molecule has 0 amide bonds. The van der Waals surface area contributed by atoms with E-state index in [1.807, 2.05) is 0 Å². The predicted molar refractivity (Wildman–Crippen MR) is 64.7 cm³/mol. The van der Waals surface area contributed by atoms with Crippen molar-refractivity contribution in [1.29, 1.82) is 0 Å². The Balaban J connectivity index is 2.91. The molecule has 1 aliphatic rings. The normalized spacial score (nSPS) is 25.1. The van der Waals surface area contributed by atoms with Gasteiger partial charge in [0.2, 0.25) is 0 Å². The summed E-state index contributed by atoms with van der Waals surface area (Å²) in [5, 5.41) is 0. The fraction of sp³-hybridized carbons (Fsp3) is 1.00. The molecular formula is C12H24O2S. The summed E-state index contributed by atoms with van der Waals surface area (Å²) in [4.78, 5) is 0. The topological polar surface area (TPSA) is 34.1 Å². The Hall–Kier alpha value is -0.0500. The van der Waals surface area contributed by atoms with Crippen molar-refractivity contribution in [2.75, 3.05) is 11.5 Å². The van der Waals surface area contributed by atoms with Gasteiger partial charge in [-0.3, -0.25) is 0 Å². The first kappa shape index (κ1) is 13.0. The van der Waals surface area contributed by atoms with Gasteiger partial charge >= 0.3 is 0 Å². The smallest absolute Gasteiger partial charge is 0.150 e. The van der Waals surface area contributed by atoms with E-state index in [9.17, 15) is 8.42 Å². The maximum absolute atomic E-state index is 11.5. The maximum atomic E-state index is 11.5. The summed E-state index contributed by atoms with van der Waals surface area (Å²) < 4.78 is 22.9. The molecule has 0 spiro atoms. The number of hydrogen-bond acceptors (Lipinski definition) is 2. The van der Waals surface area contributed by atoms with Crippen molar-refractivity contribution in [3.8, 4) is 0 Å². The zero-order valence-corrected chi connectivity index (χ0v) is 11.3. The van der Waals surface area contributed by atoms with Crippen LogP contribution >= 0.6 is 0 Å². The zero-order chi connectivity index (χ0) is 11.7. The molecule has 15 heavy (non-hydrogen) atoms. The van der Waals surface area contributed by atoms with Crippen molar-refractivity contribution in [2.45, 2.75) is 53.4 Å². The number of sulfone groups is 1.